The molecule has 118 valence electrons. The lowest BCUT2D eigenvalue weighted by atomic mass is 10.3. The van der Waals surface area contributed by atoms with Crippen molar-refractivity contribution in [3.8, 4) is 0 Å². The lowest BCUT2D eigenvalue weighted by molar-refractivity contribution is 0.459. The average molecular weight is 341 g/mol. The Hall–Kier alpha value is -2.23. The van der Waals surface area contributed by atoms with E-state index in [2.05, 4.69) is 0 Å². The van der Waals surface area contributed by atoms with Crippen LogP contribution in [0.15, 0.2) is 29.2 Å². The van der Waals surface area contributed by atoms with Gasteiger partial charge >= 0.3 is 0 Å². The first kappa shape index (κ1) is 16.1. The predicted octanol–water partition coefficient (Wildman–Crippen LogP) is 3.32. The van der Waals surface area contributed by atoms with Gasteiger partial charge in [-0.25, -0.2) is 34.8 Å². The van der Waals surface area contributed by atoms with E-state index in [1.54, 1.807) is 0 Å². The Balaban J connectivity index is 2.55. The molecule has 2 aromatic rings. The third-order valence-electron chi connectivity index (χ3n) is 2.53. The number of sulfonamides is 1. The standard InChI is InChI=1S/C12H5F6NO2S/c13-5-1-2-9(6(14)3-5)22(20,21)19-12-10(17)7(15)4-8(16)11(12)18/h1-4,19H. The minimum atomic E-state index is -4.94. The van der Waals surface area contributed by atoms with E-state index in [1.807, 2.05) is 0 Å². The monoisotopic (exact) mass is 341 g/mol. The second-order valence-electron chi connectivity index (χ2n) is 4.02. The van der Waals surface area contributed by atoms with Crippen molar-refractivity contribution in [3.63, 3.8) is 0 Å². The molecule has 2 rings (SSSR count). The third kappa shape index (κ3) is 2.86. The molecular formula is C12H5F6NO2S. The molecule has 0 aliphatic carbocycles. The summed E-state index contributed by atoms with van der Waals surface area (Å²) in [6, 6.07) is 1.16. The summed E-state index contributed by atoms with van der Waals surface area (Å²) in [7, 11) is -4.94. The lowest BCUT2D eigenvalue weighted by Crippen LogP contribution is -2.18. The lowest BCUT2D eigenvalue weighted by Gasteiger charge is -2.11. The maximum absolute atomic E-state index is 13.4. The molecule has 0 heterocycles. The molecule has 0 bridgehead atoms. The summed E-state index contributed by atoms with van der Waals surface area (Å²) in [6.07, 6.45) is 0. The highest BCUT2D eigenvalue weighted by Gasteiger charge is 2.26. The summed E-state index contributed by atoms with van der Waals surface area (Å²) in [5.74, 6) is -10.4. The number of anilines is 1. The van der Waals surface area contributed by atoms with Gasteiger partial charge in [-0.2, -0.15) is 0 Å². The van der Waals surface area contributed by atoms with E-state index in [-0.39, 0.29) is 12.1 Å². The van der Waals surface area contributed by atoms with Crippen LogP contribution in [0.5, 0.6) is 0 Å². The topological polar surface area (TPSA) is 46.2 Å². The number of halogens is 6. The van der Waals surface area contributed by atoms with Gasteiger partial charge in [0.2, 0.25) is 0 Å². The average Bonchev–Trinajstić information content (AvgIpc) is 2.41. The number of nitrogens with one attached hydrogen (secondary N) is 1. The van der Waals surface area contributed by atoms with Gasteiger partial charge in [-0.15, -0.1) is 0 Å². The largest absolute Gasteiger partial charge is 0.274 e. The molecule has 0 amide bonds. The van der Waals surface area contributed by atoms with E-state index in [9.17, 15) is 34.8 Å². The molecule has 0 aliphatic heterocycles. The van der Waals surface area contributed by atoms with Gasteiger partial charge in [0.25, 0.3) is 10.0 Å². The van der Waals surface area contributed by atoms with Crippen molar-refractivity contribution in [2.75, 3.05) is 4.72 Å². The van der Waals surface area contributed by atoms with E-state index < -0.39 is 55.5 Å². The van der Waals surface area contributed by atoms with Crippen molar-refractivity contribution in [1.29, 1.82) is 0 Å². The first-order chi connectivity index (χ1) is 10.1. The van der Waals surface area contributed by atoms with Crippen LogP contribution in [0.3, 0.4) is 0 Å². The van der Waals surface area contributed by atoms with Gasteiger partial charge in [-0.3, -0.25) is 4.72 Å². The molecule has 0 radical (unpaired) electrons. The zero-order valence-electron chi connectivity index (χ0n) is 10.3. The van der Waals surface area contributed by atoms with Gasteiger partial charge in [-0.05, 0) is 12.1 Å². The zero-order valence-corrected chi connectivity index (χ0v) is 11.1. The van der Waals surface area contributed by atoms with Crippen molar-refractivity contribution in [2.45, 2.75) is 4.90 Å². The van der Waals surface area contributed by atoms with E-state index in [0.717, 1.165) is 0 Å². The highest BCUT2D eigenvalue weighted by Crippen LogP contribution is 2.27. The Bertz CT molecular complexity index is 827. The molecule has 0 aromatic heterocycles. The number of hydrogen-bond donors (Lipinski definition) is 1. The Labute approximate surface area is 120 Å². The molecule has 0 fully saturated rings. The summed E-state index contributed by atoms with van der Waals surface area (Å²) >= 11 is 0. The summed E-state index contributed by atoms with van der Waals surface area (Å²) in [5, 5.41) is 0. The number of benzene rings is 2. The molecule has 3 nitrogen and oxygen atoms in total. The first-order valence-electron chi connectivity index (χ1n) is 5.44. The fraction of sp³-hybridized carbons (Fsp3) is 0. The summed E-state index contributed by atoms with van der Waals surface area (Å²) in [4.78, 5) is -1.16. The Morgan fingerprint density at radius 3 is 1.82 bits per heavy atom. The van der Waals surface area contributed by atoms with Crippen molar-refractivity contribution in [2.24, 2.45) is 0 Å². The van der Waals surface area contributed by atoms with Crippen LogP contribution >= 0.6 is 0 Å². The maximum Gasteiger partial charge on any atom is 0.265 e. The summed E-state index contributed by atoms with van der Waals surface area (Å²) in [6.45, 7) is 0. The fourth-order valence-electron chi connectivity index (χ4n) is 1.55. The van der Waals surface area contributed by atoms with Crippen LogP contribution in [0.2, 0.25) is 0 Å². The van der Waals surface area contributed by atoms with Gasteiger partial charge in [0, 0.05) is 12.1 Å². The molecule has 0 saturated heterocycles. The van der Waals surface area contributed by atoms with Crippen LogP contribution in [0.25, 0.3) is 0 Å². The zero-order chi connectivity index (χ0) is 16.7. The summed E-state index contributed by atoms with van der Waals surface area (Å²) in [5.41, 5.74) is -1.65. The van der Waals surface area contributed by atoms with Crippen LogP contribution in [0.1, 0.15) is 0 Å². The first-order valence-corrected chi connectivity index (χ1v) is 6.92. The quantitative estimate of drug-likeness (QED) is 0.688. The molecule has 1 N–H and O–H groups in total. The smallest absolute Gasteiger partial charge is 0.265 e. The Morgan fingerprint density at radius 2 is 1.32 bits per heavy atom. The molecular weight excluding hydrogens is 336 g/mol. The van der Waals surface area contributed by atoms with Crippen LogP contribution in [-0.4, -0.2) is 8.42 Å². The second kappa shape index (κ2) is 5.52. The van der Waals surface area contributed by atoms with Gasteiger partial charge < -0.3 is 0 Å². The minimum absolute atomic E-state index is 0.124. The molecule has 22 heavy (non-hydrogen) atoms. The van der Waals surface area contributed by atoms with Crippen molar-refractivity contribution in [3.05, 3.63) is 59.2 Å². The molecule has 0 aliphatic rings. The molecule has 0 spiro atoms. The normalized spacial score (nSPS) is 11.5. The highest BCUT2D eigenvalue weighted by molar-refractivity contribution is 7.92. The number of hydrogen-bond acceptors (Lipinski definition) is 2. The Morgan fingerprint density at radius 1 is 0.773 bits per heavy atom. The van der Waals surface area contributed by atoms with Crippen molar-refractivity contribution >= 4 is 15.7 Å². The van der Waals surface area contributed by atoms with Gasteiger partial charge in [0.05, 0.1) is 0 Å². The molecule has 0 atom stereocenters. The fourth-order valence-corrected chi connectivity index (χ4v) is 2.67. The van der Waals surface area contributed by atoms with E-state index in [1.165, 1.54) is 4.72 Å². The van der Waals surface area contributed by atoms with Crippen LogP contribution in [-0.2, 0) is 10.0 Å². The van der Waals surface area contributed by atoms with Crippen molar-refractivity contribution in [1.82, 2.24) is 0 Å². The van der Waals surface area contributed by atoms with E-state index in [4.69, 9.17) is 0 Å². The molecule has 2 aromatic carbocycles. The van der Waals surface area contributed by atoms with Gasteiger partial charge in [-0.1, -0.05) is 0 Å². The van der Waals surface area contributed by atoms with Gasteiger partial charge in [0.15, 0.2) is 23.3 Å². The third-order valence-corrected chi connectivity index (χ3v) is 3.91. The van der Waals surface area contributed by atoms with Crippen LogP contribution in [0, 0.1) is 34.9 Å². The molecule has 10 heteroatoms. The van der Waals surface area contributed by atoms with Crippen molar-refractivity contribution < 1.29 is 34.8 Å². The molecule has 0 unspecified atom stereocenters. The van der Waals surface area contributed by atoms with Gasteiger partial charge in [0.1, 0.15) is 22.2 Å². The highest BCUT2D eigenvalue weighted by atomic mass is 32.2. The summed E-state index contributed by atoms with van der Waals surface area (Å²) < 4.78 is 104. The van der Waals surface area contributed by atoms with Crippen LogP contribution in [0.4, 0.5) is 32.0 Å². The second-order valence-corrected chi connectivity index (χ2v) is 5.67. The maximum atomic E-state index is 13.4. The predicted molar refractivity (Wildman–Crippen MR) is 63.4 cm³/mol. The van der Waals surface area contributed by atoms with E-state index in [0.29, 0.717) is 12.1 Å². The van der Waals surface area contributed by atoms with E-state index >= 15 is 0 Å². The SMILES string of the molecule is O=S(=O)(Nc1c(F)c(F)cc(F)c1F)c1ccc(F)cc1F. The Kier molecular flexibility index (Phi) is 4.05. The minimum Gasteiger partial charge on any atom is -0.274 e. The number of rotatable bonds is 3. The molecule has 0 saturated carbocycles. The van der Waals surface area contributed by atoms with Crippen LogP contribution < -0.4 is 4.72 Å².